The summed E-state index contributed by atoms with van der Waals surface area (Å²) in [5, 5.41) is 11.0. The Balaban J connectivity index is 0.00000176. The van der Waals surface area contributed by atoms with Crippen molar-refractivity contribution in [3.8, 4) is 11.3 Å². The number of nitrogens with one attached hydrogen (secondary N) is 2. The fourth-order valence-corrected chi connectivity index (χ4v) is 2.62. The molecule has 0 unspecified atom stereocenters. The van der Waals surface area contributed by atoms with Crippen LogP contribution in [-0.4, -0.2) is 46.7 Å². The van der Waals surface area contributed by atoms with E-state index in [1.165, 1.54) is 0 Å². The molecule has 1 aromatic heterocycles. The lowest BCUT2D eigenvalue weighted by molar-refractivity contribution is 0.0649. The Kier molecular flexibility index (Phi) is 5.45. The Morgan fingerprint density at radius 2 is 2.09 bits per heavy atom. The van der Waals surface area contributed by atoms with Gasteiger partial charge in [-0.2, -0.15) is 5.10 Å². The number of benzene rings is 1. The van der Waals surface area contributed by atoms with Crippen LogP contribution in [-0.2, 0) is 0 Å². The van der Waals surface area contributed by atoms with E-state index in [0.29, 0.717) is 10.7 Å². The molecule has 2 heterocycles. The molecule has 1 aromatic carbocycles. The normalized spacial score (nSPS) is 17.9. The zero-order valence-corrected chi connectivity index (χ0v) is 13.7. The van der Waals surface area contributed by atoms with Crippen molar-refractivity contribution in [1.82, 2.24) is 20.4 Å². The van der Waals surface area contributed by atoms with Gasteiger partial charge < -0.3 is 10.2 Å². The number of piperazine rings is 1. The van der Waals surface area contributed by atoms with Gasteiger partial charge in [0.05, 0.1) is 5.69 Å². The van der Waals surface area contributed by atoms with Crippen molar-refractivity contribution in [2.24, 2.45) is 0 Å². The summed E-state index contributed by atoms with van der Waals surface area (Å²) < 4.78 is 0. The molecular weight excluding hydrogens is 323 g/mol. The summed E-state index contributed by atoms with van der Waals surface area (Å²) in [6, 6.07) is 9.38. The largest absolute Gasteiger partial charge is 0.332 e. The molecule has 1 amide bonds. The van der Waals surface area contributed by atoms with Crippen LogP contribution in [0.25, 0.3) is 11.3 Å². The lowest BCUT2D eigenvalue weighted by Crippen LogP contribution is -2.52. The summed E-state index contributed by atoms with van der Waals surface area (Å²) in [5.74, 6) is -0.00304. The molecule has 0 bridgehead atoms. The van der Waals surface area contributed by atoms with Crippen LogP contribution in [0.5, 0.6) is 0 Å². The summed E-state index contributed by atoms with van der Waals surface area (Å²) >= 11 is 5.88. The number of carbonyl (C=O) groups is 1. The lowest BCUT2D eigenvalue weighted by atomic mass is 10.1. The van der Waals surface area contributed by atoms with Gasteiger partial charge in [0.2, 0.25) is 0 Å². The summed E-state index contributed by atoms with van der Waals surface area (Å²) in [6.07, 6.45) is 0. The average molecular weight is 341 g/mol. The van der Waals surface area contributed by atoms with Crippen molar-refractivity contribution in [3.63, 3.8) is 0 Å². The molecule has 22 heavy (non-hydrogen) atoms. The third-order valence-electron chi connectivity index (χ3n) is 3.71. The highest BCUT2D eigenvalue weighted by atomic mass is 35.5. The number of aromatic nitrogens is 2. The number of aromatic amines is 1. The molecule has 0 spiro atoms. The molecule has 118 valence electrons. The van der Waals surface area contributed by atoms with E-state index in [0.717, 1.165) is 30.9 Å². The van der Waals surface area contributed by atoms with E-state index in [2.05, 4.69) is 15.5 Å². The van der Waals surface area contributed by atoms with Crippen LogP contribution in [0, 0.1) is 0 Å². The van der Waals surface area contributed by atoms with E-state index >= 15 is 0 Å². The van der Waals surface area contributed by atoms with Gasteiger partial charge in [0, 0.05) is 36.3 Å². The van der Waals surface area contributed by atoms with E-state index in [-0.39, 0.29) is 24.4 Å². The fourth-order valence-electron chi connectivity index (χ4n) is 2.50. The second kappa shape index (κ2) is 7.13. The predicted octanol–water partition coefficient (Wildman–Crippen LogP) is 2.59. The molecule has 0 radical (unpaired) electrons. The molecule has 1 atom stereocenters. The lowest BCUT2D eigenvalue weighted by Gasteiger charge is -2.33. The molecule has 3 rings (SSSR count). The van der Waals surface area contributed by atoms with Crippen LogP contribution in [0.1, 0.15) is 17.4 Å². The van der Waals surface area contributed by atoms with E-state index in [9.17, 15) is 4.79 Å². The summed E-state index contributed by atoms with van der Waals surface area (Å²) in [5.41, 5.74) is 2.20. The van der Waals surface area contributed by atoms with E-state index < -0.39 is 0 Å². The SMILES string of the molecule is C[C@@H]1CNCCN1C(=O)c1cc(-c2ccc(Cl)cc2)n[nH]1.Cl. The van der Waals surface area contributed by atoms with Crippen LogP contribution in [0.2, 0.25) is 5.02 Å². The van der Waals surface area contributed by atoms with Gasteiger partial charge in [-0.25, -0.2) is 0 Å². The number of amides is 1. The first-order valence-electron chi connectivity index (χ1n) is 6.98. The van der Waals surface area contributed by atoms with Gasteiger partial charge in [-0.15, -0.1) is 12.4 Å². The molecule has 0 saturated carbocycles. The van der Waals surface area contributed by atoms with Gasteiger partial charge in [-0.3, -0.25) is 9.89 Å². The predicted molar refractivity (Wildman–Crippen MR) is 89.6 cm³/mol. The van der Waals surface area contributed by atoms with Crippen molar-refractivity contribution < 1.29 is 4.79 Å². The molecule has 2 aromatic rings. The molecule has 5 nitrogen and oxygen atoms in total. The topological polar surface area (TPSA) is 61.0 Å². The van der Waals surface area contributed by atoms with Crippen molar-refractivity contribution >= 4 is 29.9 Å². The minimum Gasteiger partial charge on any atom is -0.332 e. The van der Waals surface area contributed by atoms with Crippen LogP contribution in [0.4, 0.5) is 0 Å². The first-order chi connectivity index (χ1) is 10.1. The molecule has 1 aliphatic rings. The maximum atomic E-state index is 12.5. The number of halogens is 2. The molecule has 0 aliphatic carbocycles. The molecule has 2 N–H and O–H groups in total. The van der Waals surface area contributed by atoms with Crippen molar-refractivity contribution in [3.05, 3.63) is 41.0 Å². The number of rotatable bonds is 2. The highest BCUT2D eigenvalue weighted by Crippen LogP contribution is 2.21. The minimum atomic E-state index is -0.00304. The molecule has 1 saturated heterocycles. The van der Waals surface area contributed by atoms with Crippen LogP contribution in [0.15, 0.2) is 30.3 Å². The summed E-state index contributed by atoms with van der Waals surface area (Å²) in [4.78, 5) is 14.4. The van der Waals surface area contributed by atoms with Crippen molar-refractivity contribution in [2.75, 3.05) is 19.6 Å². The highest BCUT2D eigenvalue weighted by molar-refractivity contribution is 6.30. The molecule has 1 aliphatic heterocycles. The van der Waals surface area contributed by atoms with E-state index in [1.54, 1.807) is 6.07 Å². The third-order valence-corrected chi connectivity index (χ3v) is 3.96. The number of H-pyrrole nitrogens is 1. The zero-order valence-electron chi connectivity index (χ0n) is 12.2. The Hall–Kier alpha value is -1.56. The molecular formula is C15H18Cl2N4O. The fraction of sp³-hybridized carbons (Fsp3) is 0.333. The number of hydrogen-bond acceptors (Lipinski definition) is 3. The number of carbonyl (C=O) groups excluding carboxylic acids is 1. The minimum absolute atomic E-state index is 0. The van der Waals surface area contributed by atoms with Crippen LogP contribution < -0.4 is 5.32 Å². The number of hydrogen-bond donors (Lipinski definition) is 2. The maximum Gasteiger partial charge on any atom is 0.272 e. The summed E-state index contributed by atoms with van der Waals surface area (Å²) in [6.45, 7) is 4.41. The second-order valence-corrected chi connectivity index (χ2v) is 5.66. The average Bonchev–Trinajstić information content (AvgIpc) is 2.98. The first-order valence-corrected chi connectivity index (χ1v) is 7.36. The van der Waals surface area contributed by atoms with Crippen LogP contribution in [0.3, 0.4) is 0 Å². The Morgan fingerprint density at radius 3 is 2.77 bits per heavy atom. The highest BCUT2D eigenvalue weighted by Gasteiger charge is 2.25. The van der Waals surface area contributed by atoms with E-state index in [1.807, 2.05) is 36.1 Å². The van der Waals surface area contributed by atoms with Gasteiger partial charge in [-0.1, -0.05) is 23.7 Å². The number of nitrogens with zero attached hydrogens (tertiary/aromatic N) is 2. The Labute approximate surface area is 140 Å². The van der Waals surface area contributed by atoms with Gasteiger partial charge in [0.25, 0.3) is 5.91 Å². The third kappa shape index (κ3) is 3.43. The van der Waals surface area contributed by atoms with Gasteiger partial charge in [0.1, 0.15) is 5.69 Å². The molecule has 7 heteroatoms. The summed E-state index contributed by atoms with van der Waals surface area (Å²) in [7, 11) is 0. The van der Waals surface area contributed by atoms with Gasteiger partial charge >= 0.3 is 0 Å². The quantitative estimate of drug-likeness (QED) is 0.883. The maximum absolute atomic E-state index is 12.5. The van der Waals surface area contributed by atoms with Crippen LogP contribution >= 0.6 is 24.0 Å². The first kappa shape index (κ1) is 16.8. The van der Waals surface area contributed by atoms with E-state index in [4.69, 9.17) is 11.6 Å². The Morgan fingerprint density at radius 1 is 1.36 bits per heavy atom. The Bertz CT molecular complexity index is 641. The zero-order chi connectivity index (χ0) is 14.8. The molecule has 1 fully saturated rings. The standard InChI is InChI=1S/C15H17ClN4O.ClH/c1-10-9-17-6-7-20(10)15(21)14-8-13(18-19-14)11-2-4-12(16)5-3-11;/h2-5,8,10,17H,6-7,9H2,1H3,(H,18,19);1H/t10-;/m1./s1. The second-order valence-electron chi connectivity index (χ2n) is 5.23. The van der Waals surface area contributed by atoms with Gasteiger partial charge in [-0.05, 0) is 25.1 Å². The van der Waals surface area contributed by atoms with Crippen molar-refractivity contribution in [2.45, 2.75) is 13.0 Å². The monoisotopic (exact) mass is 340 g/mol. The van der Waals surface area contributed by atoms with Crippen molar-refractivity contribution in [1.29, 1.82) is 0 Å². The van der Waals surface area contributed by atoms with Gasteiger partial charge in [0.15, 0.2) is 0 Å². The smallest absolute Gasteiger partial charge is 0.272 e.